The van der Waals surface area contributed by atoms with Crippen molar-refractivity contribution in [2.75, 3.05) is 11.9 Å². The molecule has 0 spiro atoms. The lowest BCUT2D eigenvalue weighted by atomic mass is 10.3. The van der Waals surface area contributed by atoms with Crippen LogP contribution in [0.25, 0.3) is 0 Å². The van der Waals surface area contributed by atoms with Gasteiger partial charge in [-0.15, -0.1) is 11.3 Å². The molecule has 10 heteroatoms. The Hall–Kier alpha value is -0.830. The van der Waals surface area contributed by atoms with E-state index in [1.165, 1.54) is 12.1 Å². The van der Waals surface area contributed by atoms with Gasteiger partial charge in [-0.3, -0.25) is 4.79 Å². The Labute approximate surface area is 146 Å². The van der Waals surface area contributed by atoms with Gasteiger partial charge in [-0.25, -0.2) is 13.1 Å². The maximum absolute atomic E-state index is 11.9. The second-order valence-electron chi connectivity index (χ2n) is 4.03. The minimum atomic E-state index is -3.79. The number of sulfonamides is 1. The van der Waals surface area contributed by atoms with Gasteiger partial charge < -0.3 is 5.32 Å². The first-order valence-electron chi connectivity index (χ1n) is 5.78. The van der Waals surface area contributed by atoms with Crippen LogP contribution < -0.4 is 10.0 Å². The number of thiophene rings is 1. The van der Waals surface area contributed by atoms with Crippen LogP contribution in [0.4, 0.5) is 5.69 Å². The van der Waals surface area contributed by atoms with E-state index < -0.39 is 22.5 Å². The molecule has 2 aromatic rings. The van der Waals surface area contributed by atoms with Gasteiger partial charge in [0.15, 0.2) is 0 Å². The molecule has 0 atom stereocenters. The molecule has 1 aromatic heterocycles. The number of para-hydroxylation sites is 1. The van der Waals surface area contributed by atoms with Gasteiger partial charge in [-0.1, -0.05) is 40.9 Å². The highest BCUT2D eigenvalue weighted by Gasteiger charge is 2.18. The Morgan fingerprint density at radius 2 is 1.73 bits per heavy atom. The van der Waals surface area contributed by atoms with E-state index in [0.29, 0.717) is 4.34 Å². The number of halogens is 3. The Morgan fingerprint density at radius 3 is 2.27 bits per heavy atom. The Kier molecular flexibility index (Phi) is 5.70. The molecule has 5 nitrogen and oxygen atoms in total. The van der Waals surface area contributed by atoms with Crippen molar-refractivity contribution >= 4 is 67.8 Å². The first-order valence-corrected chi connectivity index (χ1v) is 9.22. The molecule has 22 heavy (non-hydrogen) atoms. The molecule has 0 fully saturated rings. The zero-order valence-corrected chi connectivity index (χ0v) is 14.7. The fraction of sp³-hybridized carbons (Fsp3) is 0.0833. The van der Waals surface area contributed by atoms with Crippen LogP contribution in [0.3, 0.4) is 0 Å². The van der Waals surface area contributed by atoms with Crippen molar-refractivity contribution in [2.45, 2.75) is 4.21 Å². The predicted octanol–water partition coefficient (Wildman–Crippen LogP) is 3.63. The molecule has 1 amide bonds. The number of hydrogen-bond acceptors (Lipinski definition) is 4. The number of hydrogen-bond donors (Lipinski definition) is 2. The predicted molar refractivity (Wildman–Crippen MR) is 89.6 cm³/mol. The first kappa shape index (κ1) is 17.5. The van der Waals surface area contributed by atoms with E-state index in [1.807, 2.05) is 0 Å². The van der Waals surface area contributed by atoms with Gasteiger partial charge in [-0.05, 0) is 24.3 Å². The molecular weight excluding hydrogens is 391 g/mol. The van der Waals surface area contributed by atoms with Gasteiger partial charge in [0.05, 0.1) is 26.6 Å². The molecule has 118 valence electrons. The van der Waals surface area contributed by atoms with Crippen LogP contribution in [0.15, 0.2) is 34.5 Å². The van der Waals surface area contributed by atoms with E-state index in [4.69, 9.17) is 34.8 Å². The topological polar surface area (TPSA) is 75.3 Å². The van der Waals surface area contributed by atoms with Crippen molar-refractivity contribution in [3.05, 3.63) is 44.7 Å². The summed E-state index contributed by atoms with van der Waals surface area (Å²) in [6.45, 7) is -0.459. The number of carbonyl (C=O) groups is 1. The van der Waals surface area contributed by atoms with Crippen LogP contribution in [0.2, 0.25) is 14.4 Å². The van der Waals surface area contributed by atoms with E-state index in [1.54, 1.807) is 18.2 Å². The molecular formula is C12H9Cl3N2O3S2. The maximum Gasteiger partial charge on any atom is 0.250 e. The van der Waals surface area contributed by atoms with Crippen molar-refractivity contribution in [2.24, 2.45) is 0 Å². The van der Waals surface area contributed by atoms with Crippen molar-refractivity contribution in [1.82, 2.24) is 4.72 Å². The first-order chi connectivity index (χ1) is 10.3. The fourth-order valence-electron chi connectivity index (χ4n) is 1.47. The summed E-state index contributed by atoms with van der Waals surface area (Å²) < 4.78 is 26.4. The number of nitrogens with one attached hydrogen (secondary N) is 2. The second-order valence-corrected chi connectivity index (χ2v) is 8.55. The van der Waals surface area contributed by atoms with Gasteiger partial charge in [0.25, 0.3) is 10.0 Å². The quantitative estimate of drug-likeness (QED) is 0.806. The Morgan fingerprint density at radius 1 is 1.09 bits per heavy atom. The Bertz CT molecular complexity index is 785. The molecule has 0 aliphatic carbocycles. The standard InChI is InChI=1S/C12H9Cl3N2O3S2/c13-7-2-1-3-8(14)12(7)17-10(18)6-16-22(19,20)11-5-4-9(15)21-11/h1-5,16H,6H2,(H,17,18). The molecule has 1 heterocycles. The monoisotopic (exact) mass is 398 g/mol. The summed E-state index contributed by atoms with van der Waals surface area (Å²) >= 11 is 18.4. The average Bonchev–Trinajstić information content (AvgIpc) is 2.88. The summed E-state index contributed by atoms with van der Waals surface area (Å²) in [7, 11) is -3.79. The van der Waals surface area contributed by atoms with Crippen LogP contribution >= 0.6 is 46.1 Å². The smallest absolute Gasteiger partial charge is 0.250 e. The minimum Gasteiger partial charge on any atom is -0.322 e. The lowest BCUT2D eigenvalue weighted by Gasteiger charge is -2.09. The Balaban J connectivity index is 2.01. The summed E-state index contributed by atoms with van der Waals surface area (Å²) in [5.74, 6) is -0.596. The zero-order chi connectivity index (χ0) is 16.3. The number of carbonyl (C=O) groups excluding carboxylic acids is 1. The second kappa shape index (κ2) is 7.16. The third-order valence-electron chi connectivity index (χ3n) is 2.46. The molecule has 0 aliphatic rings. The maximum atomic E-state index is 11.9. The van der Waals surface area contributed by atoms with E-state index in [2.05, 4.69) is 10.0 Å². The largest absolute Gasteiger partial charge is 0.322 e. The van der Waals surface area contributed by atoms with E-state index >= 15 is 0 Å². The van der Waals surface area contributed by atoms with Crippen LogP contribution in [-0.4, -0.2) is 20.9 Å². The lowest BCUT2D eigenvalue weighted by molar-refractivity contribution is -0.115. The van der Waals surface area contributed by atoms with Crippen molar-refractivity contribution in [3.8, 4) is 0 Å². The van der Waals surface area contributed by atoms with Crippen LogP contribution in [-0.2, 0) is 14.8 Å². The summed E-state index contributed by atoms with van der Waals surface area (Å²) in [5.41, 5.74) is 0.231. The van der Waals surface area contributed by atoms with Crippen molar-refractivity contribution in [1.29, 1.82) is 0 Å². The van der Waals surface area contributed by atoms with Crippen molar-refractivity contribution in [3.63, 3.8) is 0 Å². The van der Waals surface area contributed by atoms with Gasteiger partial charge in [-0.2, -0.15) is 0 Å². The van der Waals surface area contributed by atoms with E-state index in [-0.39, 0.29) is 19.9 Å². The number of rotatable bonds is 5. The molecule has 1 aromatic carbocycles. The third-order valence-corrected chi connectivity index (χ3v) is 6.22. The van der Waals surface area contributed by atoms with Gasteiger partial charge in [0.2, 0.25) is 5.91 Å². The molecule has 0 saturated heterocycles. The molecule has 2 N–H and O–H groups in total. The lowest BCUT2D eigenvalue weighted by Crippen LogP contribution is -2.32. The molecule has 0 aliphatic heterocycles. The van der Waals surface area contributed by atoms with Gasteiger partial charge >= 0.3 is 0 Å². The van der Waals surface area contributed by atoms with Gasteiger partial charge in [0, 0.05) is 0 Å². The van der Waals surface area contributed by atoms with Crippen molar-refractivity contribution < 1.29 is 13.2 Å². The molecule has 2 rings (SSSR count). The summed E-state index contributed by atoms with van der Waals surface area (Å²) in [4.78, 5) is 11.8. The number of anilines is 1. The molecule has 0 saturated carbocycles. The summed E-state index contributed by atoms with van der Waals surface area (Å²) in [5, 5.41) is 2.97. The number of amides is 1. The minimum absolute atomic E-state index is 0.0288. The highest BCUT2D eigenvalue weighted by molar-refractivity contribution is 7.91. The third kappa shape index (κ3) is 4.34. The zero-order valence-electron chi connectivity index (χ0n) is 10.8. The highest BCUT2D eigenvalue weighted by Crippen LogP contribution is 2.29. The summed E-state index contributed by atoms with van der Waals surface area (Å²) in [6.07, 6.45) is 0. The summed E-state index contributed by atoms with van der Waals surface area (Å²) in [6, 6.07) is 7.56. The normalized spacial score (nSPS) is 11.4. The van der Waals surface area contributed by atoms with Crippen LogP contribution in [0.1, 0.15) is 0 Å². The molecule has 0 radical (unpaired) electrons. The molecule has 0 unspecified atom stereocenters. The van der Waals surface area contributed by atoms with Crippen LogP contribution in [0.5, 0.6) is 0 Å². The molecule has 0 bridgehead atoms. The number of benzene rings is 1. The van der Waals surface area contributed by atoms with E-state index in [0.717, 1.165) is 11.3 Å². The SMILES string of the molecule is O=C(CNS(=O)(=O)c1ccc(Cl)s1)Nc1c(Cl)cccc1Cl. The van der Waals surface area contributed by atoms with Gasteiger partial charge in [0.1, 0.15) is 4.21 Å². The van der Waals surface area contributed by atoms with E-state index in [9.17, 15) is 13.2 Å². The van der Waals surface area contributed by atoms with Crippen LogP contribution in [0, 0.1) is 0 Å². The highest BCUT2D eigenvalue weighted by atomic mass is 35.5. The fourth-order valence-corrected chi connectivity index (χ4v) is 4.48. The average molecular weight is 400 g/mol.